The highest BCUT2D eigenvalue weighted by Gasteiger charge is 2.37. The van der Waals surface area contributed by atoms with Gasteiger partial charge in [0.05, 0.1) is 0 Å². The number of benzene rings is 1. The van der Waals surface area contributed by atoms with Crippen LogP contribution in [0.2, 0.25) is 0 Å². The third kappa shape index (κ3) is 2.74. The number of carbonyl (C=O) groups is 1. The average molecular weight is 257 g/mol. The number of hydrogen-bond acceptors (Lipinski definition) is 2. The van der Waals surface area contributed by atoms with Crippen molar-refractivity contribution in [3.8, 4) is 0 Å². The maximum absolute atomic E-state index is 12.3. The molecular weight excluding hydrogens is 234 g/mol. The molecule has 0 radical (unpaired) electrons. The summed E-state index contributed by atoms with van der Waals surface area (Å²) in [7, 11) is 0. The van der Waals surface area contributed by atoms with Gasteiger partial charge < -0.3 is 5.32 Å². The topological polar surface area (TPSA) is 29.1 Å². The number of hydrogen-bond donors (Lipinski definition) is 1. The molecular formula is C17H23NO. The van der Waals surface area contributed by atoms with Gasteiger partial charge >= 0.3 is 0 Å². The first kappa shape index (κ1) is 12.9. The third-order valence-electron chi connectivity index (χ3n) is 4.92. The molecule has 2 atom stereocenters. The lowest BCUT2D eigenvalue weighted by Crippen LogP contribution is -2.31. The molecule has 2 unspecified atom stereocenters. The Balaban J connectivity index is 1.70. The molecule has 1 N–H and O–H groups in total. The fourth-order valence-electron chi connectivity index (χ4n) is 3.71. The van der Waals surface area contributed by atoms with Crippen LogP contribution < -0.4 is 5.32 Å². The fraction of sp³-hybridized carbons (Fsp3) is 0.588. The van der Waals surface area contributed by atoms with Gasteiger partial charge in [0.2, 0.25) is 0 Å². The molecule has 0 bridgehead atoms. The quantitative estimate of drug-likeness (QED) is 0.882. The van der Waals surface area contributed by atoms with Crippen LogP contribution in [0.1, 0.15) is 42.7 Å². The summed E-state index contributed by atoms with van der Waals surface area (Å²) in [5.74, 6) is 2.02. The predicted octanol–water partition coefficient (Wildman–Crippen LogP) is 3.06. The van der Waals surface area contributed by atoms with Gasteiger partial charge in [-0.1, -0.05) is 29.8 Å². The van der Waals surface area contributed by atoms with Crippen molar-refractivity contribution in [2.24, 2.45) is 11.8 Å². The standard InChI is InChI=1S/C17H23NO/c1-12-2-4-14(5-3-12)16-10-15(11-17(16)19)13-6-8-18-9-7-13/h2-5,13,15-16,18H,6-11H2,1H3. The molecule has 1 aromatic rings. The van der Waals surface area contributed by atoms with E-state index in [1.54, 1.807) is 0 Å². The molecule has 1 saturated heterocycles. The normalized spacial score (nSPS) is 28.8. The molecule has 2 heteroatoms. The molecule has 0 spiro atoms. The maximum Gasteiger partial charge on any atom is 0.140 e. The van der Waals surface area contributed by atoms with Gasteiger partial charge in [0.15, 0.2) is 0 Å². The van der Waals surface area contributed by atoms with Crippen molar-refractivity contribution in [1.29, 1.82) is 0 Å². The van der Waals surface area contributed by atoms with Gasteiger partial charge in [0, 0.05) is 12.3 Å². The van der Waals surface area contributed by atoms with Crippen LogP contribution in [-0.2, 0) is 4.79 Å². The number of aryl methyl sites for hydroxylation is 1. The molecule has 2 aliphatic rings. The van der Waals surface area contributed by atoms with E-state index in [0.717, 1.165) is 31.8 Å². The molecule has 0 aromatic heterocycles. The molecule has 1 saturated carbocycles. The highest BCUT2D eigenvalue weighted by molar-refractivity contribution is 5.88. The van der Waals surface area contributed by atoms with E-state index in [-0.39, 0.29) is 5.92 Å². The first-order valence-electron chi connectivity index (χ1n) is 7.54. The van der Waals surface area contributed by atoms with Crippen LogP contribution in [-0.4, -0.2) is 18.9 Å². The Hall–Kier alpha value is -1.15. The highest BCUT2D eigenvalue weighted by atomic mass is 16.1. The zero-order valence-electron chi connectivity index (χ0n) is 11.7. The zero-order chi connectivity index (χ0) is 13.2. The summed E-state index contributed by atoms with van der Waals surface area (Å²) >= 11 is 0. The number of rotatable bonds is 2. The summed E-state index contributed by atoms with van der Waals surface area (Å²) in [6.07, 6.45) is 4.38. The Kier molecular flexibility index (Phi) is 3.69. The van der Waals surface area contributed by atoms with Crippen LogP contribution in [0.5, 0.6) is 0 Å². The summed E-state index contributed by atoms with van der Waals surface area (Å²) in [6.45, 7) is 4.35. The highest BCUT2D eigenvalue weighted by Crippen LogP contribution is 2.41. The Morgan fingerprint density at radius 3 is 2.42 bits per heavy atom. The molecule has 102 valence electrons. The molecule has 19 heavy (non-hydrogen) atoms. The van der Waals surface area contributed by atoms with Crippen molar-refractivity contribution in [3.05, 3.63) is 35.4 Å². The first-order valence-corrected chi connectivity index (χ1v) is 7.54. The van der Waals surface area contributed by atoms with Gasteiger partial charge in [-0.15, -0.1) is 0 Å². The second-order valence-corrected chi connectivity index (χ2v) is 6.22. The number of Topliss-reactive ketones (excluding diaryl/α,β-unsaturated/α-hetero) is 1. The number of piperidine rings is 1. The Morgan fingerprint density at radius 1 is 1.05 bits per heavy atom. The second kappa shape index (κ2) is 5.46. The van der Waals surface area contributed by atoms with Crippen molar-refractivity contribution in [1.82, 2.24) is 5.32 Å². The molecule has 2 fully saturated rings. The third-order valence-corrected chi connectivity index (χ3v) is 4.92. The minimum atomic E-state index is 0.167. The van der Waals surface area contributed by atoms with E-state index >= 15 is 0 Å². The molecule has 0 amide bonds. The molecule has 1 aromatic carbocycles. The van der Waals surface area contributed by atoms with Crippen molar-refractivity contribution in [2.75, 3.05) is 13.1 Å². The van der Waals surface area contributed by atoms with Gasteiger partial charge in [-0.3, -0.25) is 4.79 Å². The first-order chi connectivity index (χ1) is 9.24. The Bertz CT molecular complexity index is 445. The second-order valence-electron chi connectivity index (χ2n) is 6.22. The van der Waals surface area contributed by atoms with Crippen LogP contribution in [0.15, 0.2) is 24.3 Å². The Morgan fingerprint density at radius 2 is 1.74 bits per heavy atom. The van der Waals surface area contributed by atoms with Gasteiger partial charge in [-0.05, 0) is 56.7 Å². The van der Waals surface area contributed by atoms with Gasteiger partial charge in [-0.25, -0.2) is 0 Å². The van der Waals surface area contributed by atoms with E-state index in [1.807, 2.05) is 0 Å². The smallest absolute Gasteiger partial charge is 0.140 e. The van der Waals surface area contributed by atoms with Gasteiger partial charge in [0.1, 0.15) is 5.78 Å². The summed E-state index contributed by atoms with van der Waals surface area (Å²) in [6, 6.07) is 8.53. The minimum Gasteiger partial charge on any atom is -0.317 e. The average Bonchev–Trinajstić information content (AvgIpc) is 2.83. The van der Waals surface area contributed by atoms with Crippen molar-refractivity contribution in [3.63, 3.8) is 0 Å². The summed E-state index contributed by atoms with van der Waals surface area (Å²) in [5.41, 5.74) is 2.50. The van der Waals surface area contributed by atoms with Gasteiger partial charge in [-0.2, -0.15) is 0 Å². The van der Waals surface area contributed by atoms with Crippen LogP contribution in [0, 0.1) is 18.8 Å². The minimum absolute atomic E-state index is 0.167. The van der Waals surface area contributed by atoms with E-state index in [4.69, 9.17) is 0 Å². The fourth-order valence-corrected chi connectivity index (χ4v) is 3.71. The summed E-state index contributed by atoms with van der Waals surface area (Å²) < 4.78 is 0. The lowest BCUT2D eigenvalue weighted by molar-refractivity contribution is -0.118. The molecule has 2 nitrogen and oxygen atoms in total. The van der Waals surface area contributed by atoms with Crippen molar-refractivity contribution >= 4 is 5.78 Å². The lowest BCUT2D eigenvalue weighted by atomic mass is 9.83. The van der Waals surface area contributed by atoms with Crippen LogP contribution in [0.4, 0.5) is 0 Å². The van der Waals surface area contributed by atoms with E-state index in [2.05, 4.69) is 36.5 Å². The molecule has 3 rings (SSSR count). The van der Waals surface area contributed by atoms with Crippen molar-refractivity contribution < 1.29 is 4.79 Å². The van der Waals surface area contributed by atoms with E-state index in [1.165, 1.54) is 24.0 Å². The summed E-state index contributed by atoms with van der Waals surface area (Å²) in [4.78, 5) is 12.3. The Labute approximate surface area is 115 Å². The predicted molar refractivity (Wildman–Crippen MR) is 77.2 cm³/mol. The molecule has 1 aliphatic heterocycles. The van der Waals surface area contributed by atoms with E-state index in [9.17, 15) is 4.79 Å². The number of ketones is 1. The van der Waals surface area contributed by atoms with Crippen molar-refractivity contribution in [2.45, 2.75) is 38.5 Å². The van der Waals surface area contributed by atoms with E-state index < -0.39 is 0 Å². The monoisotopic (exact) mass is 257 g/mol. The van der Waals surface area contributed by atoms with Crippen LogP contribution in [0.25, 0.3) is 0 Å². The number of nitrogens with one attached hydrogen (secondary N) is 1. The SMILES string of the molecule is Cc1ccc(C2CC(C3CCNCC3)CC2=O)cc1. The van der Waals surface area contributed by atoms with E-state index in [0.29, 0.717) is 11.7 Å². The van der Waals surface area contributed by atoms with Crippen LogP contribution >= 0.6 is 0 Å². The van der Waals surface area contributed by atoms with Gasteiger partial charge in [0.25, 0.3) is 0 Å². The largest absolute Gasteiger partial charge is 0.317 e. The summed E-state index contributed by atoms with van der Waals surface area (Å²) in [5, 5.41) is 3.41. The van der Waals surface area contributed by atoms with Crippen LogP contribution in [0.3, 0.4) is 0 Å². The number of carbonyl (C=O) groups excluding carboxylic acids is 1. The maximum atomic E-state index is 12.3. The molecule has 1 heterocycles. The molecule has 1 aliphatic carbocycles. The lowest BCUT2D eigenvalue weighted by Gasteiger charge is -2.27. The zero-order valence-corrected chi connectivity index (χ0v) is 11.7.